The topological polar surface area (TPSA) is 9.23 Å². The predicted molar refractivity (Wildman–Crippen MR) is 71.4 cm³/mol. The monoisotopic (exact) mass is 334 g/mol. The van der Waals surface area contributed by atoms with E-state index in [1.807, 2.05) is 18.2 Å². The maximum absolute atomic E-state index is 5.60. The van der Waals surface area contributed by atoms with Gasteiger partial charge in [0.1, 0.15) is 0 Å². The van der Waals surface area contributed by atoms with Crippen LogP contribution in [-0.4, -0.2) is 11.9 Å². The lowest BCUT2D eigenvalue weighted by Crippen LogP contribution is -1.96. The van der Waals surface area contributed by atoms with Gasteiger partial charge in [0, 0.05) is 16.4 Å². The van der Waals surface area contributed by atoms with Crippen LogP contribution in [0.3, 0.4) is 0 Å². The highest BCUT2D eigenvalue weighted by Gasteiger charge is 1.97. The molecule has 15 heavy (non-hydrogen) atoms. The summed E-state index contributed by atoms with van der Waals surface area (Å²) < 4.78 is 6.73. The van der Waals surface area contributed by atoms with Crippen LogP contribution < -0.4 is 0 Å². The third-order valence-electron chi connectivity index (χ3n) is 2.14. The fourth-order valence-electron chi connectivity index (χ4n) is 1.27. The number of hydrogen-bond acceptors (Lipinski definition) is 1. The molecule has 0 N–H and O–H groups in total. The smallest absolute Gasteiger partial charge is 0.0727 e. The quantitative estimate of drug-likeness (QED) is 0.525. The highest BCUT2D eigenvalue weighted by Crippen LogP contribution is 2.16. The van der Waals surface area contributed by atoms with Crippen molar-refractivity contribution in [2.75, 3.05) is 11.9 Å². The van der Waals surface area contributed by atoms with Crippen LogP contribution in [0.25, 0.3) is 0 Å². The molecule has 1 aromatic rings. The molecule has 0 saturated carbocycles. The number of unbranched alkanes of at least 4 members (excludes halogenated alkanes) is 2. The third kappa shape index (κ3) is 5.69. The van der Waals surface area contributed by atoms with Crippen molar-refractivity contribution < 1.29 is 4.74 Å². The van der Waals surface area contributed by atoms with Crippen molar-refractivity contribution in [3.05, 3.63) is 34.3 Å². The van der Waals surface area contributed by atoms with Gasteiger partial charge in [0.05, 0.1) is 6.61 Å². The van der Waals surface area contributed by atoms with E-state index in [1.54, 1.807) is 0 Å². The van der Waals surface area contributed by atoms with Crippen molar-refractivity contribution in [1.82, 2.24) is 0 Å². The zero-order valence-electron chi connectivity index (χ0n) is 8.72. The number of hydrogen-bond donors (Lipinski definition) is 0. The number of ether oxygens (including phenoxy) is 1. The zero-order valence-corrected chi connectivity index (χ0v) is 11.9. The van der Waals surface area contributed by atoms with Gasteiger partial charge in [-0.1, -0.05) is 56.5 Å². The van der Waals surface area contributed by atoms with E-state index in [-0.39, 0.29) is 0 Å². The van der Waals surface area contributed by atoms with Crippen LogP contribution in [0.2, 0.25) is 0 Å². The molecule has 3 heteroatoms. The summed E-state index contributed by atoms with van der Waals surface area (Å²) in [7, 11) is 0. The first-order valence-corrected chi connectivity index (χ1v) is 7.13. The van der Waals surface area contributed by atoms with E-state index in [2.05, 4.69) is 37.9 Å². The molecule has 0 atom stereocenters. The zero-order chi connectivity index (χ0) is 10.9. The summed E-state index contributed by atoms with van der Waals surface area (Å²) >= 11 is 6.92. The lowest BCUT2D eigenvalue weighted by atomic mass is 10.2. The van der Waals surface area contributed by atoms with Gasteiger partial charge in [0.15, 0.2) is 0 Å². The number of alkyl halides is 1. The average Bonchev–Trinajstić information content (AvgIpc) is 2.25. The van der Waals surface area contributed by atoms with E-state index in [0.29, 0.717) is 6.61 Å². The van der Waals surface area contributed by atoms with Crippen LogP contribution in [0.15, 0.2) is 28.7 Å². The van der Waals surface area contributed by atoms with Crippen LogP contribution in [0.4, 0.5) is 0 Å². The highest BCUT2D eigenvalue weighted by molar-refractivity contribution is 9.10. The van der Waals surface area contributed by atoms with Gasteiger partial charge in [-0.2, -0.15) is 0 Å². The Kier molecular flexibility index (Phi) is 7.32. The van der Waals surface area contributed by atoms with Crippen molar-refractivity contribution in [2.24, 2.45) is 0 Å². The maximum atomic E-state index is 5.60. The number of rotatable bonds is 7. The second kappa shape index (κ2) is 8.31. The molecule has 0 radical (unpaired) electrons. The molecular weight excluding hydrogens is 320 g/mol. The summed E-state index contributed by atoms with van der Waals surface area (Å²) in [5.41, 5.74) is 1.22. The molecule has 0 aliphatic carbocycles. The van der Waals surface area contributed by atoms with Gasteiger partial charge in [0.25, 0.3) is 0 Å². The Morgan fingerprint density at radius 3 is 2.60 bits per heavy atom. The standard InChI is InChI=1S/C12H16Br2O/c13-8-4-1-5-9-15-10-11-6-2-3-7-12(11)14/h2-3,6-7H,1,4-5,8-10H2. The molecule has 0 heterocycles. The summed E-state index contributed by atoms with van der Waals surface area (Å²) in [5.74, 6) is 0. The lowest BCUT2D eigenvalue weighted by Gasteiger charge is -2.05. The summed E-state index contributed by atoms with van der Waals surface area (Å²) in [6.45, 7) is 1.56. The summed E-state index contributed by atoms with van der Waals surface area (Å²) in [4.78, 5) is 0. The first-order chi connectivity index (χ1) is 7.34. The van der Waals surface area contributed by atoms with Gasteiger partial charge >= 0.3 is 0 Å². The first kappa shape index (κ1) is 13.2. The van der Waals surface area contributed by atoms with E-state index >= 15 is 0 Å². The molecule has 1 aromatic carbocycles. The van der Waals surface area contributed by atoms with Gasteiger partial charge in [-0.05, 0) is 24.5 Å². The van der Waals surface area contributed by atoms with Crippen LogP contribution >= 0.6 is 31.9 Å². The fraction of sp³-hybridized carbons (Fsp3) is 0.500. The molecule has 0 bridgehead atoms. The first-order valence-electron chi connectivity index (χ1n) is 5.21. The summed E-state index contributed by atoms with van der Waals surface area (Å²) in [5, 5.41) is 1.09. The van der Waals surface area contributed by atoms with Gasteiger partial charge in [-0.25, -0.2) is 0 Å². The average molecular weight is 336 g/mol. The Morgan fingerprint density at radius 1 is 1.07 bits per heavy atom. The SMILES string of the molecule is BrCCCCCOCc1ccccc1Br. The largest absolute Gasteiger partial charge is 0.377 e. The van der Waals surface area contributed by atoms with E-state index in [4.69, 9.17) is 4.74 Å². The van der Waals surface area contributed by atoms with Crippen LogP contribution in [-0.2, 0) is 11.3 Å². The van der Waals surface area contributed by atoms with Crippen LogP contribution in [0.1, 0.15) is 24.8 Å². The molecule has 0 saturated heterocycles. The Balaban J connectivity index is 2.12. The van der Waals surface area contributed by atoms with Gasteiger partial charge < -0.3 is 4.74 Å². The molecule has 0 unspecified atom stereocenters. The van der Waals surface area contributed by atoms with Crippen molar-refractivity contribution in [2.45, 2.75) is 25.9 Å². The minimum absolute atomic E-state index is 0.704. The Hall–Kier alpha value is 0.140. The Labute approximate surface area is 108 Å². The molecule has 0 fully saturated rings. The molecule has 0 spiro atoms. The molecule has 0 amide bonds. The molecular formula is C12H16Br2O. The van der Waals surface area contributed by atoms with Crippen molar-refractivity contribution in [3.63, 3.8) is 0 Å². The van der Waals surface area contributed by atoms with E-state index in [0.717, 1.165) is 22.8 Å². The second-order valence-corrected chi connectivity index (χ2v) is 5.04. The second-order valence-electron chi connectivity index (χ2n) is 3.39. The van der Waals surface area contributed by atoms with Crippen LogP contribution in [0, 0.1) is 0 Å². The van der Waals surface area contributed by atoms with E-state index in [9.17, 15) is 0 Å². The number of benzene rings is 1. The van der Waals surface area contributed by atoms with E-state index in [1.165, 1.54) is 18.4 Å². The van der Waals surface area contributed by atoms with E-state index < -0.39 is 0 Å². The molecule has 0 aliphatic rings. The molecule has 84 valence electrons. The Morgan fingerprint density at radius 2 is 1.87 bits per heavy atom. The van der Waals surface area contributed by atoms with Crippen molar-refractivity contribution >= 4 is 31.9 Å². The third-order valence-corrected chi connectivity index (χ3v) is 3.47. The van der Waals surface area contributed by atoms with Crippen LogP contribution in [0.5, 0.6) is 0 Å². The molecule has 1 nitrogen and oxygen atoms in total. The Bertz CT molecular complexity index is 276. The summed E-state index contributed by atoms with van der Waals surface area (Å²) in [6.07, 6.45) is 3.62. The van der Waals surface area contributed by atoms with Gasteiger partial charge in [-0.3, -0.25) is 0 Å². The fourth-order valence-corrected chi connectivity index (χ4v) is 2.07. The minimum Gasteiger partial charge on any atom is -0.377 e. The minimum atomic E-state index is 0.704. The normalized spacial score (nSPS) is 10.5. The van der Waals surface area contributed by atoms with Gasteiger partial charge in [-0.15, -0.1) is 0 Å². The number of halogens is 2. The lowest BCUT2D eigenvalue weighted by molar-refractivity contribution is 0.117. The molecule has 0 aliphatic heterocycles. The van der Waals surface area contributed by atoms with Crippen molar-refractivity contribution in [1.29, 1.82) is 0 Å². The molecule has 1 rings (SSSR count). The molecule has 0 aromatic heterocycles. The highest BCUT2D eigenvalue weighted by atomic mass is 79.9. The summed E-state index contributed by atoms with van der Waals surface area (Å²) in [6, 6.07) is 8.18. The van der Waals surface area contributed by atoms with Crippen molar-refractivity contribution in [3.8, 4) is 0 Å². The predicted octanol–water partition coefficient (Wildman–Crippen LogP) is 4.53. The van der Waals surface area contributed by atoms with Gasteiger partial charge in [0.2, 0.25) is 0 Å². The maximum Gasteiger partial charge on any atom is 0.0727 e.